The monoisotopic (exact) mass is 258 g/mol. The number of halogens is 3. The summed E-state index contributed by atoms with van der Waals surface area (Å²) in [7, 11) is 0. The van der Waals surface area contributed by atoms with E-state index in [-0.39, 0.29) is 5.69 Å². The summed E-state index contributed by atoms with van der Waals surface area (Å²) >= 11 is 0. The molecule has 0 atom stereocenters. The Bertz CT molecular complexity index is 593. The summed E-state index contributed by atoms with van der Waals surface area (Å²) in [6, 6.07) is 2.67. The molecule has 0 aliphatic carbocycles. The predicted molar refractivity (Wildman–Crippen MR) is 53.0 cm³/mol. The van der Waals surface area contributed by atoms with Gasteiger partial charge < -0.3 is 10.1 Å². The van der Waals surface area contributed by atoms with Crippen LogP contribution in [0.5, 0.6) is 0 Å². The van der Waals surface area contributed by atoms with Gasteiger partial charge >= 0.3 is 12.0 Å². The van der Waals surface area contributed by atoms with Gasteiger partial charge in [0.2, 0.25) is 0 Å². The molecule has 0 unspecified atom stereocenters. The maximum atomic E-state index is 12.4. The zero-order valence-corrected chi connectivity index (χ0v) is 8.63. The molecule has 2 aromatic heterocycles. The predicted octanol–water partition coefficient (Wildman–Crippen LogP) is 2.19. The molecular weight excluding hydrogens is 253 g/mol. The number of imidazole rings is 1. The topological polar surface area (TPSA) is 73.8 Å². The van der Waals surface area contributed by atoms with E-state index in [9.17, 15) is 23.3 Å². The van der Waals surface area contributed by atoms with E-state index in [0.29, 0.717) is 6.20 Å². The lowest BCUT2D eigenvalue weighted by molar-refractivity contribution is -0.389. The first-order chi connectivity index (χ1) is 8.39. The lowest BCUT2D eigenvalue weighted by Gasteiger charge is -2.02. The lowest BCUT2D eigenvalue weighted by Crippen LogP contribution is -2.05. The van der Waals surface area contributed by atoms with Crippen LogP contribution in [0.1, 0.15) is 5.69 Å². The van der Waals surface area contributed by atoms with Crippen LogP contribution in [0.3, 0.4) is 0 Å². The van der Waals surface area contributed by atoms with Crippen LogP contribution < -0.4 is 0 Å². The average molecular weight is 258 g/mol. The standard InChI is InChI=1S/C9H5F3N4O2/c10-9(11,12)7-4-15(5-14-7)6-2-1-3-13-8(6)16(17)18/h1-5H. The Morgan fingerprint density at radius 1 is 1.33 bits per heavy atom. The van der Waals surface area contributed by atoms with Gasteiger partial charge in [-0.15, -0.1) is 0 Å². The molecule has 2 rings (SSSR count). The fraction of sp³-hybridized carbons (Fsp3) is 0.111. The highest BCUT2D eigenvalue weighted by Crippen LogP contribution is 2.29. The van der Waals surface area contributed by atoms with Crippen molar-refractivity contribution in [1.29, 1.82) is 0 Å². The van der Waals surface area contributed by atoms with Crippen LogP contribution in [0.25, 0.3) is 5.69 Å². The first-order valence-corrected chi connectivity index (χ1v) is 4.60. The molecule has 0 N–H and O–H groups in total. The molecule has 0 saturated carbocycles. The van der Waals surface area contributed by atoms with Crippen molar-refractivity contribution in [3.05, 3.63) is 46.7 Å². The minimum Gasteiger partial charge on any atom is -0.358 e. The second kappa shape index (κ2) is 4.09. The van der Waals surface area contributed by atoms with Gasteiger partial charge in [-0.1, -0.05) is 0 Å². The normalized spacial score (nSPS) is 11.5. The Morgan fingerprint density at radius 2 is 2.06 bits per heavy atom. The molecule has 9 heteroatoms. The van der Waals surface area contributed by atoms with Gasteiger partial charge in [0.25, 0.3) is 0 Å². The van der Waals surface area contributed by atoms with Gasteiger partial charge in [0.1, 0.15) is 18.2 Å². The van der Waals surface area contributed by atoms with Crippen LogP contribution >= 0.6 is 0 Å². The highest BCUT2D eigenvalue weighted by Gasteiger charge is 2.34. The van der Waals surface area contributed by atoms with Gasteiger partial charge in [-0.3, -0.25) is 4.57 Å². The number of nitrogens with zero attached hydrogens (tertiary/aromatic N) is 4. The highest BCUT2D eigenvalue weighted by atomic mass is 19.4. The molecule has 0 aliphatic rings. The van der Waals surface area contributed by atoms with E-state index in [1.165, 1.54) is 18.3 Å². The Labute approximate surface area is 97.9 Å². The number of hydrogen-bond donors (Lipinski definition) is 0. The van der Waals surface area contributed by atoms with E-state index < -0.39 is 22.6 Å². The van der Waals surface area contributed by atoms with Crippen molar-refractivity contribution in [3.63, 3.8) is 0 Å². The number of alkyl halides is 3. The van der Waals surface area contributed by atoms with E-state index >= 15 is 0 Å². The van der Waals surface area contributed by atoms with Crippen molar-refractivity contribution in [2.24, 2.45) is 0 Å². The maximum Gasteiger partial charge on any atom is 0.434 e. The molecule has 18 heavy (non-hydrogen) atoms. The van der Waals surface area contributed by atoms with Crippen LogP contribution in [0, 0.1) is 10.1 Å². The fourth-order valence-electron chi connectivity index (χ4n) is 1.33. The van der Waals surface area contributed by atoms with Crippen molar-refractivity contribution in [1.82, 2.24) is 14.5 Å². The number of pyridine rings is 1. The summed E-state index contributed by atoms with van der Waals surface area (Å²) < 4.78 is 38.0. The number of rotatable bonds is 2. The Hall–Kier alpha value is -2.45. The average Bonchev–Trinajstić information content (AvgIpc) is 2.77. The molecule has 6 nitrogen and oxygen atoms in total. The molecule has 0 aliphatic heterocycles. The lowest BCUT2D eigenvalue weighted by atomic mass is 10.4. The Morgan fingerprint density at radius 3 is 2.61 bits per heavy atom. The van der Waals surface area contributed by atoms with E-state index in [1.54, 1.807) is 0 Å². The molecule has 0 radical (unpaired) electrons. The van der Waals surface area contributed by atoms with Gasteiger partial charge in [0.05, 0.1) is 0 Å². The molecule has 0 aromatic carbocycles. The number of hydrogen-bond acceptors (Lipinski definition) is 4. The summed E-state index contributed by atoms with van der Waals surface area (Å²) in [5.74, 6) is -0.538. The van der Waals surface area contributed by atoms with Crippen molar-refractivity contribution in [2.75, 3.05) is 0 Å². The van der Waals surface area contributed by atoms with Crippen LogP contribution in [-0.2, 0) is 6.18 Å². The van der Waals surface area contributed by atoms with Gasteiger partial charge in [-0.2, -0.15) is 13.2 Å². The minimum absolute atomic E-state index is 0.0782. The molecule has 0 spiro atoms. The SMILES string of the molecule is O=[N+]([O-])c1ncccc1-n1cnc(C(F)(F)F)c1. The second-order valence-corrected chi connectivity index (χ2v) is 3.27. The summed E-state index contributed by atoms with van der Waals surface area (Å²) in [4.78, 5) is 16.6. The summed E-state index contributed by atoms with van der Waals surface area (Å²) in [6.07, 6.45) is -1.89. The maximum absolute atomic E-state index is 12.4. The molecule has 0 fully saturated rings. The second-order valence-electron chi connectivity index (χ2n) is 3.27. The molecule has 0 bridgehead atoms. The zero-order chi connectivity index (χ0) is 13.3. The van der Waals surface area contributed by atoms with E-state index in [4.69, 9.17) is 0 Å². The Kier molecular flexibility index (Phi) is 2.73. The van der Waals surface area contributed by atoms with Gasteiger partial charge in [0, 0.05) is 6.20 Å². The molecular formula is C9H5F3N4O2. The summed E-state index contributed by atoms with van der Waals surface area (Å²) in [5, 5.41) is 10.7. The summed E-state index contributed by atoms with van der Waals surface area (Å²) in [6.45, 7) is 0. The van der Waals surface area contributed by atoms with Gasteiger partial charge in [-0.25, -0.2) is 4.98 Å². The van der Waals surface area contributed by atoms with Crippen molar-refractivity contribution < 1.29 is 18.1 Å². The van der Waals surface area contributed by atoms with Crippen LogP contribution in [0.4, 0.5) is 19.0 Å². The molecule has 2 heterocycles. The van der Waals surface area contributed by atoms with Gasteiger partial charge in [-0.05, 0) is 22.0 Å². The molecule has 0 saturated heterocycles. The van der Waals surface area contributed by atoms with Gasteiger partial charge in [0.15, 0.2) is 5.69 Å². The third kappa shape index (κ3) is 2.14. The van der Waals surface area contributed by atoms with E-state index in [1.807, 2.05) is 0 Å². The zero-order valence-electron chi connectivity index (χ0n) is 8.63. The quantitative estimate of drug-likeness (QED) is 0.611. The first kappa shape index (κ1) is 12.0. The molecule has 94 valence electrons. The van der Waals surface area contributed by atoms with Crippen molar-refractivity contribution in [2.45, 2.75) is 6.18 Å². The summed E-state index contributed by atoms with van der Waals surface area (Å²) in [5.41, 5.74) is -1.20. The van der Waals surface area contributed by atoms with Crippen LogP contribution in [-0.4, -0.2) is 19.5 Å². The van der Waals surface area contributed by atoms with Crippen LogP contribution in [0.2, 0.25) is 0 Å². The van der Waals surface area contributed by atoms with Crippen molar-refractivity contribution in [3.8, 4) is 5.69 Å². The fourth-order valence-corrected chi connectivity index (χ4v) is 1.33. The van der Waals surface area contributed by atoms with Crippen molar-refractivity contribution >= 4 is 5.82 Å². The highest BCUT2D eigenvalue weighted by molar-refractivity contribution is 5.46. The molecule has 2 aromatic rings. The van der Waals surface area contributed by atoms with Crippen LogP contribution in [0.15, 0.2) is 30.9 Å². The first-order valence-electron chi connectivity index (χ1n) is 4.60. The third-order valence-electron chi connectivity index (χ3n) is 2.09. The number of aromatic nitrogens is 3. The largest absolute Gasteiger partial charge is 0.434 e. The third-order valence-corrected chi connectivity index (χ3v) is 2.09. The minimum atomic E-state index is -4.60. The molecule has 0 amide bonds. The van der Waals surface area contributed by atoms with E-state index in [0.717, 1.165) is 10.9 Å². The van der Waals surface area contributed by atoms with E-state index in [2.05, 4.69) is 9.97 Å². The smallest absolute Gasteiger partial charge is 0.358 e. The number of nitro groups is 1. The Balaban J connectivity index is 2.50.